The first-order valence-corrected chi connectivity index (χ1v) is 14.9. The van der Waals surface area contributed by atoms with Crippen molar-refractivity contribution in [1.29, 1.82) is 0 Å². The Balaban J connectivity index is 1.54. The molecule has 6 rings (SSSR count). The van der Waals surface area contributed by atoms with Gasteiger partial charge in [-0.15, -0.1) is 0 Å². The first-order chi connectivity index (χ1) is 21.4. The van der Waals surface area contributed by atoms with E-state index in [4.69, 9.17) is 19.6 Å². The fraction of sp³-hybridized carbons (Fsp3) is 0.143. The van der Waals surface area contributed by atoms with Crippen LogP contribution in [0.4, 0.5) is 0 Å². The molecule has 0 spiro atoms. The maximum Gasteiger partial charge on any atom is 0.338 e. The number of esters is 1. The molecule has 0 amide bonds. The zero-order valence-corrected chi connectivity index (χ0v) is 25.4. The molecule has 1 aliphatic heterocycles. The van der Waals surface area contributed by atoms with Crippen molar-refractivity contribution in [1.82, 2.24) is 14.3 Å². The van der Waals surface area contributed by atoms with Gasteiger partial charge < -0.3 is 9.47 Å². The lowest BCUT2D eigenvalue weighted by Crippen LogP contribution is -2.39. The molecule has 0 radical (unpaired) electrons. The van der Waals surface area contributed by atoms with E-state index in [2.05, 4.69) is 6.58 Å². The van der Waals surface area contributed by atoms with E-state index in [-0.39, 0.29) is 12.2 Å². The lowest BCUT2D eigenvalue weighted by atomic mass is 9.96. The third-order valence-corrected chi connectivity index (χ3v) is 8.36. The van der Waals surface area contributed by atoms with Crippen LogP contribution in [0.15, 0.2) is 119 Å². The molecule has 1 atom stereocenters. The Bertz CT molecular complexity index is 2070. The van der Waals surface area contributed by atoms with Crippen LogP contribution >= 0.6 is 11.3 Å². The van der Waals surface area contributed by atoms with Crippen molar-refractivity contribution in [2.45, 2.75) is 19.9 Å². The largest absolute Gasteiger partial charge is 0.497 e. The number of carbonyl (C=O) groups is 1. The minimum Gasteiger partial charge on any atom is -0.497 e. The number of benzene rings is 3. The summed E-state index contributed by atoms with van der Waals surface area (Å²) in [6.07, 6.45) is 5.28. The Kier molecular flexibility index (Phi) is 7.95. The number of para-hydroxylation sites is 1. The zero-order valence-electron chi connectivity index (χ0n) is 24.6. The van der Waals surface area contributed by atoms with Crippen molar-refractivity contribution in [2.24, 2.45) is 4.99 Å². The van der Waals surface area contributed by atoms with Gasteiger partial charge >= 0.3 is 5.97 Å². The van der Waals surface area contributed by atoms with Gasteiger partial charge in [-0.2, -0.15) is 5.10 Å². The molecule has 0 saturated carbocycles. The van der Waals surface area contributed by atoms with Crippen LogP contribution in [0.3, 0.4) is 0 Å². The van der Waals surface area contributed by atoms with Crippen LogP contribution in [0.25, 0.3) is 23.0 Å². The number of aryl methyl sites for hydroxylation is 1. The number of nitrogens with zero attached hydrogens (tertiary/aromatic N) is 4. The van der Waals surface area contributed by atoms with Crippen molar-refractivity contribution in [3.8, 4) is 22.7 Å². The highest BCUT2D eigenvalue weighted by molar-refractivity contribution is 7.07. The third-order valence-electron chi connectivity index (χ3n) is 7.38. The second kappa shape index (κ2) is 12.1. The molecule has 0 fully saturated rings. The van der Waals surface area contributed by atoms with E-state index in [1.807, 2.05) is 90.6 Å². The van der Waals surface area contributed by atoms with Gasteiger partial charge in [-0.05, 0) is 49.8 Å². The van der Waals surface area contributed by atoms with Gasteiger partial charge in [0.05, 0.1) is 40.3 Å². The van der Waals surface area contributed by atoms with Crippen molar-refractivity contribution < 1.29 is 14.3 Å². The number of aromatic nitrogens is 3. The monoisotopic (exact) mass is 602 g/mol. The van der Waals surface area contributed by atoms with Gasteiger partial charge in [0.2, 0.25) is 0 Å². The molecule has 2 aromatic heterocycles. The number of carbonyl (C=O) groups excluding carboxylic acids is 1. The summed E-state index contributed by atoms with van der Waals surface area (Å²) in [7, 11) is 1.59. The lowest BCUT2D eigenvalue weighted by Gasteiger charge is -2.24. The summed E-state index contributed by atoms with van der Waals surface area (Å²) in [6, 6.07) is 24.5. The standard InChI is InChI=1S/C35H30N4O4S/c1-5-19-43-34(41)30-23(3)36-35-39(32(30)25-15-17-28(42-4)18-16-25)33(40)29(44-35)20-26-21-38(27-9-7-6-8-10-27)37-31(26)24-13-11-22(2)12-14-24/h5-18,20-21,32H,1,19H2,2-4H3/b29-20-/t32-/m0/s1. The van der Waals surface area contributed by atoms with Gasteiger partial charge in [0.25, 0.3) is 5.56 Å². The van der Waals surface area contributed by atoms with Gasteiger partial charge in [0.15, 0.2) is 4.80 Å². The van der Waals surface area contributed by atoms with Crippen LogP contribution in [0, 0.1) is 6.92 Å². The molecule has 3 aromatic carbocycles. The highest BCUT2D eigenvalue weighted by atomic mass is 32.1. The normalized spacial score (nSPS) is 14.6. The smallest absolute Gasteiger partial charge is 0.338 e. The fourth-order valence-electron chi connectivity index (χ4n) is 5.18. The van der Waals surface area contributed by atoms with Crippen molar-refractivity contribution >= 4 is 23.4 Å². The average molecular weight is 603 g/mol. The maximum absolute atomic E-state index is 14.2. The first kappa shape index (κ1) is 28.8. The highest BCUT2D eigenvalue weighted by Gasteiger charge is 2.33. The molecule has 0 unspecified atom stereocenters. The second-order valence-corrected chi connectivity index (χ2v) is 11.3. The number of fused-ring (bicyclic) bond motifs is 1. The molecule has 8 nitrogen and oxygen atoms in total. The molecular weight excluding hydrogens is 572 g/mol. The minimum atomic E-state index is -0.736. The van der Waals surface area contributed by atoms with E-state index in [0.29, 0.717) is 26.4 Å². The van der Waals surface area contributed by atoms with Crippen LogP contribution in [-0.4, -0.2) is 34.0 Å². The van der Waals surface area contributed by atoms with Gasteiger partial charge in [0.1, 0.15) is 12.4 Å². The molecule has 1 aliphatic rings. The summed E-state index contributed by atoms with van der Waals surface area (Å²) in [4.78, 5) is 32.7. The van der Waals surface area contributed by atoms with E-state index >= 15 is 0 Å². The van der Waals surface area contributed by atoms with E-state index < -0.39 is 12.0 Å². The maximum atomic E-state index is 14.2. The third kappa shape index (κ3) is 5.45. The Hall–Kier alpha value is -5.28. The molecular formula is C35H30N4O4S. The van der Waals surface area contributed by atoms with Gasteiger partial charge in [-0.1, -0.05) is 84.2 Å². The number of hydrogen-bond acceptors (Lipinski definition) is 7. The predicted octanol–water partition coefficient (Wildman–Crippen LogP) is 5.13. The van der Waals surface area contributed by atoms with Crippen molar-refractivity contribution in [3.63, 3.8) is 0 Å². The SMILES string of the molecule is C=CCOC(=O)C1=C(C)N=c2s/c(=C\c3cn(-c4ccccc4)nc3-c3ccc(C)cc3)c(=O)n2[C@H]1c1ccc(OC)cc1. The molecule has 44 heavy (non-hydrogen) atoms. The fourth-order valence-corrected chi connectivity index (χ4v) is 6.22. The van der Waals surface area contributed by atoms with Gasteiger partial charge in [-0.3, -0.25) is 9.36 Å². The second-order valence-electron chi connectivity index (χ2n) is 10.3. The van der Waals surface area contributed by atoms with Crippen LogP contribution < -0.4 is 19.6 Å². The number of allylic oxidation sites excluding steroid dienone is 1. The number of thiazole rings is 1. The number of methoxy groups -OCH3 is 1. The summed E-state index contributed by atoms with van der Waals surface area (Å²) in [5.74, 6) is 0.115. The van der Waals surface area contributed by atoms with E-state index in [9.17, 15) is 9.59 Å². The predicted molar refractivity (Wildman–Crippen MR) is 172 cm³/mol. The summed E-state index contributed by atoms with van der Waals surface area (Å²) in [5.41, 5.74) is 5.76. The van der Waals surface area contributed by atoms with E-state index in [1.165, 1.54) is 17.4 Å². The highest BCUT2D eigenvalue weighted by Crippen LogP contribution is 2.32. The Morgan fingerprint density at radius 1 is 1.02 bits per heavy atom. The van der Waals surface area contributed by atoms with Crippen LogP contribution in [-0.2, 0) is 9.53 Å². The van der Waals surface area contributed by atoms with Gasteiger partial charge in [0, 0.05) is 17.3 Å². The summed E-state index contributed by atoms with van der Waals surface area (Å²) in [6.45, 7) is 7.49. The molecule has 9 heteroatoms. The number of hydrogen-bond donors (Lipinski definition) is 0. The van der Waals surface area contributed by atoms with Crippen LogP contribution in [0.2, 0.25) is 0 Å². The summed E-state index contributed by atoms with van der Waals surface area (Å²) >= 11 is 1.27. The molecule has 0 bridgehead atoms. The molecule has 5 aromatic rings. The zero-order chi connectivity index (χ0) is 30.8. The Labute approximate surface area is 258 Å². The molecule has 0 N–H and O–H groups in total. The molecule has 0 aliphatic carbocycles. The van der Waals surface area contributed by atoms with E-state index in [0.717, 1.165) is 33.6 Å². The Morgan fingerprint density at radius 3 is 2.43 bits per heavy atom. The summed E-state index contributed by atoms with van der Waals surface area (Å²) in [5, 5.41) is 4.91. The van der Waals surface area contributed by atoms with Crippen molar-refractivity contribution in [3.05, 3.63) is 145 Å². The molecule has 3 heterocycles. The first-order valence-electron chi connectivity index (χ1n) is 14.0. The molecule has 0 saturated heterocycles. The van der Waals surface area contributed by atoms with Crippen LogP contribution in [0.5, 0.6) is 5.75 Å². The minimum absolute atomic E-state index is 0.0442. The van der Waals surface area contributed by atoms with Crippen molar-refractivity contribution in [2.75, 3.05) is 13.7 Å². The number of rotatable bonds is 8. The number of ether oxygens (including phenoxy) is 2. The van der Waals surface area contributed by atoms with Gasteiger partial charge in [-0.25, -0.2) is 14.5 Å². The van der Waals surface area contributed by atoms with Crippen LogP contribution in [0.1, 0.15) is 29.7 Å². The lowest BCUT2D eigenvalue weighted by molar-refractivity contribution is -0.138. The summed E-state index contributed by atoms with van der Waals surface area (Å²) < 4.78 is 14.6. The van der Waals surface area contributed by atoms with E-state index in [1.54, 1.807) is 30.7 Å². The topological polar surface area (TPSA) is 87.7 Å². The quantitative estimate of drug-likeness (QED) is 0.182. The molecule has 220 valence electrons. The average Bonchev–Trinajstić information content (AvgIpc) is 3.60. The Morgan fingerprint density at radius 2 is 1.75 bits per heavy atom.